The van der Waals surface area contributed by atoms with E-state index in [4.69, 9.17) is 9.57 Å². The monoisotopic (exact) mass is 1490 g/mol. The fraction of sp³-hybridized carbons (Fsp3) is 0.385. The Labute approximate surface area is 691 Å². The van der Waals surface area contributed by atoms with Crippen LogP contribution in [0.15, 0.2) is 116 Å². The number of phenols is 1. The summed E-state index contributed by atoms with van der Waals surface area (Å²) in [6, 6.07) is 9.03. The third-order valence-electron chi connectivity index (χ3n) is 17.8. The smallest absolute Gasteiger partial charge is 0.744 e. The van der Waals surface area contributed by atoms with E-state index in [1.165, 1.54) is 12.1 Å². The maximum absolute atomic E-state index is 13.5. The maximum atomic E-state index is 13.5. The number of rotatable bonds is 23. The molecule has 32 heteroatoms. The zero-order valence-electron chi connectivity index (χ0n) is 55.7. The van der Waals surface area contributed by atoms with E-state index >= 15 is 0 Å². The number of carbonyl (C=O) groups is 5. The number of imide groups is 1. The van der Waals surface area contributed by atoms with Gasteiger partial charge < -0.3 is 48.4 Å². The summed E-state index contributed by atoms with van der Waals surface area (Å²) in [5, 5.41) is 16.5. The van der Waals surface area contributed by atoms with Gasteiger partial charge in [0.15, 0.2) is 11.3 Å². The molecule has 1 atom stereocenters. The van der Waals surface area contributed by atoms with Crippen molar-refractivity contribution < 1.29 is 249 Å². The van der Waals surface area contributed by atoms with Gasteiger partial charge in [0.2, 0.25) is 11.6 Å². The van der Waals surface area contributed by atoms with Crippen molar-refractivity contribution in [1.29, 1.82) is 0 Å². The Balaban J connectivity index is 0.00000495. The zero-order chi connectivity index (χ0) is 69.0. The molecule has 502 valence electrons. The van der Waals surface area contributed by atoms with E-state index in [0.717, 1.165) is 23.3 Å². The number of allylic oxidation sites excluding steroid dienone is 8. The Hall–Kier alpha value is -3.25. The number of ether oxygens (including phenoxy) is 1. The first-order valence-corrected chi connectivity index (χ1v) is 35.7. The summed E-state index contributed by atoms with van der Waals surface area (Å²) < 4.78 is 159. The van der Waals surface area contributed by atoms with Gasteiger partial charge in [-0.2, -0.15) is 4.58 Å². The first-order chi connectivity index (χ1) is 43.8. The van der Waals surface area contributed by atoms with Crippen molar-refractivity contribution >= 4 is 109 Å². The van der Waals surface area contributed by atoms with Crippen LogP contribution in [0.4, 0.5) is 11.4 Å². The number of amides is 4. The SMILES string of the molecule is Cc1c(C)c2c(c(C)c1O)CCC(C)(C(=O)NCCNC(=O)CCCC[N+]1=C(/C=C/C=C/C=C/C=C3/N(CCCCC(=O)ON4C(=O)CCC4=O)c4ccc5c(S(=O)(=O)[O-])cc(S(=O)(=O)[O-])cc5c4C3(C)C)C(C)(C)c3c1ccc1c(S(=O)(=O)[O-])cc(S(=O)(=O)[O-])cc31)O2.[K+].[K+].[K+]. The summed E-state index contributed by atoms with van der Waals surface area (Å²) in [6.45, 7) is 15.0. The van der Waals surface area contributed by atoms with Crippen molar-refractivity contribution in [2.24, 2.45) is 0 Å². The van der Waals surface area contributed by atoms with Crippen LogP contribution >= 0.6 is 0 Å². The third-order valence-corrected chi connectivity index (χ3v) is 21.2. The molecule has 4 heterocycles. The van der Waals surface area contributed by atoms with Gasteiger partial charge in [0.25, 0.3) is 17.7 Å². The van der Waals surface area contributed by atoms with Crippen molar-refractivity contribution in [3.63, 3.8) is 0 Å². The average molecular weight is 1490 g/mol. The number of unbranched alkanes of at least 4 members (excludes halogenated alkanes) is 2. The Morgan fingerprint density at radius 1 is 0.639 bits per heavy atom. The molecular weight excluding hydrogens is 1420 g/mol. The van der Waals surface area contributed by atoms with Crippen molar-refractivity contribution in [1.82, 2.24) is 15.7 Å². The second kappa shape index (κ2) is 32.2. The first-order valence-electron chi connectivity index (χ1n) is 30.1. The van der Waals surface area contributed by atoms with Crippen molar-refractivity contribution in [2.45, 2.75) is 156 Å². The maximum Gasteiger partial charge on any atom is 1.00 e. The molecule has 25 nitrogen and oxygen atoms in total. The topological polar surface area (TPSA) is 386 Å². The van der Waals surface area contributed by atoms with Gasteiger partial charge in [-0.05, 0) is 148 Å². The molecule has 0 spiro atoms. The summed E-state index contributed by atoms with van der Waals surface area (Å²) in [4.78, 5) is 66.7. The molecule has 0 aromatic heterocycles. The van der Waals surface area contributed by atoms with E-state index in [-0.39, 0.29) is 252 Å². The predicted molar refractivity (Wildman–Crippen MR) is 339 cm³/mol. The van der Waals surface area contributed by atoms with Gasteiger partial charge in [-0.15, -0.1) is 5.06 Å². The van der Waals surface area contributed by atoms with Crippen LogP contribution < -0.4 is 174 Å². The molecule has 1 fully saturated rings. The largest absolute Gasteiger partial charge is 1.00 e. The number of carbonyl (C=O) groups excluding carboxylic acids is 5. The quantitative estimate of drug-likeness (QED) is 0.0158. The molecule has 1 saturated heterocycles. The number of hydrogen-bond donors (Lipinski definition) is 3. The number of benzene rings is 5. The molecule has 4 aliphatic heterocycles. The van der Waals surface area contributed by atoms with Crippen LogP contribution in [0.2, 0.25) is 0 Å². The molecule has 0 aliphatic carbocycles. The van der Waals surface area contributed by atoms with Gasteiger partial charge in [0.05, 0.1) is 25.0 Å². The number of nitrogens with zero attached hydrogens (tertiary/aromatic N) is 3. The van der Waals surface area contributed by atoms with Gasteiger partial charge in [0.1, 0.15) is 58.5 Å². The molecule has 97 heavy (non-hydrogen) atoms. The van der Waals surface area contributed by atoms with Crippen LogP contribution in [-0.4, -0.2) is 134 Å². The molecular formula is C65H70K3N5O20S4. The number of phenolic OH excluding ortho intramolecular Hbond substituents is 1. The van der Waals surface area contributed by atoms with E-state index in [2.05, 4.69) is 10.6 Å². The van der Waals surface area contributed by atoms with Gasteiger partial charge >= 0.3 is 160 Å². The van der Waals surface area contributed by atoms with Gasteiger partial charge in [-0.3, -0.25) is 19.2 Å². The molecule has 3 N–H and O–H groups in total. The summed E-state index contributed by atoms with van der Waals surface area (Å²) >= 11 is 0. The zero-order valence-corrected chi connectivity index (χ0v) is 68.4. The van der Waals surface area contributed by atoms with Crippen molar-refractivity contribution in [3.8, 4) is 11.5 Å². The Kier molecular flexibility index (Phi) is 27.4. The molecule has 5 aromatic carbocycles. The molecule has 4 aliphatic rings. The van der Waals surface area contributed by atoms with Crippen LogP contribution in [0, 0.1) is 20.8 Å². The van der Waals surface area contributed by atoms with Crippen LogP contribution in [0.1, 0.15) is 126 Å². The van der Waals surface area contributed by atoms with Gasteiger partial charge in [0, 0.05) is 104 Å². The first kappa shape index (κ1) is 82.7. The number of hydroxylamine groups is 2. The standard InChI is InChI=1S/C65H73N5O20S4.3K/c1-38-39(2)61-43(40(3)60(38)75)28-29-65(8,89-61)62(76)67-31-30-66-54(71)20-14-16-32-68-48-24-22-44-46(34-41(91(77,78)79)36-50(44)93(83,84)85)58(48)63(4,5)52(68)18-12-10-9-11-13-19-53-64(6,7)59-47-35-42(92(80,81)82)37-51(94(86,87)88)45(47)23-25-49(59)69(53)33-17-15-21-57(74)90-70-55(72)26-27-56(70)73;;;/h9-13,18-19,22-25,34-37H,14-17,20-21,26-33H2,1-8H3,(H6-,66,67,71,75,76,77,78,79,80,81,82,83,84,85,86,87,88);;;/q;3*+1/p-3. The second-order valence-electron chi connectivity index (χ2n) is 24.8. The molecule has 5 aromatic rings. The minimum atomic E-state index is -5.33. The number of aromatic hydroxyl groups is 1. The number of nitrogens with one attached hydrogen (secondary N) is 2. The van der Waals surface area contributed by atoms with Crippen LogP contribution in [-0.2, 0) is 86.5 Å². The molecule has 4 amide bonds. The van der Waals surface area contributed by atoms with Gasteiger partial charge in [-0.25, -0.2) is 38.5 Å². The van der Waals surface area contributed by atoms with Crippen molar-refractivity contribution in [3.05, 3.63) is 130 Å². The molecule has 0 saturated carbocycles. The number of anilines is 1. The summed E-state index contributed by atoms with van der Waals surface area (Å²) in [7, 11) is -21.2. The Morgan fingerprint density at radius 3 is 1.77 bits per heavy atom. The van der Waals surface area contributed by atoms with E-state index in [1.54, 1.807) is 96.2 Å². The van der Waals surface area contributed by atoms with E-state index in [9.17, 15) is 81.0 Å². The van der Waals surface area contributed by atoms with E-state index in [0.29, 0.717) is 100 Å². The fourth-order valence-electron chi connectivity index (χ4n) is 12.9. The summed E-state index contributed by atoms with van der Waals surface area (Å²) in [6.07, 6.45) is 13.8. The molecule has 1 unspecified atom stereocenters. The molecule has 9 rings (SSSR count). The second-order valence-corrected chi connectivity index (χ2v) is 30.3. The summed E-state index contributed by atoms with van der Waals surface area (Å²) in [5.74, 6) is -1.97. The number of hydrogen-bond acceptors (Lipinski definition) is 21. The summed E-state index contributed by atoms with van der Waals surface area (Å²) in [5.41, 5.74) is 2.59. The molecule has 0 bridgehead atoms. The van der Waals surface area contributed by atoms with Gasteiger partial charge in [-0.1, -0.05) is 50.3 Å². The van der Waals surface area contributed by atoms with Crippen LogP contribution in [0.25, 0.3) is 21.5 Å². The molecule has 0 radical (unpaired) electrons. The number of fused-ring (bicyclic) bond motifs is 7. The Morgan fingerprint density at radius 2 is 1.19 bits per heavy atom. The normalized spacial score (nSPS) is 17.9. The fourth-order valence-corrected chi connectivity index (χ4v) is 15.5. The van der Waals surface area contributed by atoms with E-state index in [1.807, 2.05) is 23.3 Å². The Bertz CT molecular complexity index is 4710. The average Bonchev–Trinajstić information content (AvgIpc) is 1.60. The minimum absolute atomic E-state index is 0. The van der Waals surface area contributed by atoms with E-state index < -0.39 is 94.3 Å². The van der Waals surface area contributed by atoms with Crippen molar-refractivity contribution in [2.75, 3.05) is 31.1 Å². The van der Waals surface area contributed by atoms with Crippen LogP contribution in [0.5, 0.6) is 11.5 Å². The van der Waals surface area contributed by atoms with Crippen LogP contribution in [0.3, 0.4) is 0 Å². The third kappa shape index (κ3) is 17.7. The predicted octanol–water partition coefficient (Wildman–Crippen LogP) is -2.06. The minimum Gasteiger partial charge on any atom is -0.744 e.